The van der Waals surface area contributed by atoms with Crippen molar-refractivity contribution in [2.24, 2.45) is 0 Å². The van der Waals surface area contributed by atoms with E-state index in [0.717, 1.165) is 0 Å². The van der Waals surface area contributed by atoms with Crippen molar-refractivity contribution in [2.75, 3.05) is 0 Å². The van der Waals surface area contributed by atoms with E-state index in [9.17, 15) is 0 Å². The van der Waals surface area contributed by atoms with Gasteiger partial charge in [-0.05, 0) is 45.4 Å². The van der Waals surface area contributed by atoms with Crippen molar-refractivity contribution in [3.05, 3.63) is 48.5 Å². The summed E-state index contributed by atoms with van der Waals surface area (Å²) in [5.74, 6) is 0. The van der Waals surface area contributed by atoms with Crippen LogP contribution in [0.2, 0.25) is 118 Å². The van der Waals surface area contributed by atoms with E-state index >= 15 is 0 Å². The minimum Gasteiger partial charge on any atom is -0.145 e. The van der Waals surface area contributed by atoms with Gasteiger partial charge in [0.2, 0.25) is 0 Å². The maximum Gasteiger partial charge on any atom is 0.0806 e. The normalized spacial score (nSPS) is 14.7. The van der Waals surface area contributed by atoms with E-state index in [2.05, 4.69) is 189 Å². The van der Waals surface area contributed by atoms with Gasteiger partial charge in [0.15, 0.2) is 0 Å². The Kier molecular flexibility index (Phi) is 10.8. The molecule has 0 aliphatic rings. The third kappa shape index (κ3) is 6.43. The molecule has 4 heterocycles. The van der Waals surface area contributed by atoms with Crippen LogP contribution in [0.25, 0.3) is 29.3 Å². The molecule has 0 aromatic carbocycles. The molecule has 0 saturated heterocycles. The highest BCUT2D eigenvalue weighted by molar-refractivity contribution is 7.95. The molecule has 0 nitrogen and oxygen atoms in total. The van der Waals surface area contributed by atoms with Gasteiger partial charge >= 0.3 is 0 Å². The number of thiophene rings is 4. The smallest absolute Gasteiger partial charge is 0.0806 e. The summed E-state index contributed by atoms with van der Waals surface area (Å²) in [6.45, 7) is 45.7. The van der Waals surface area contributed by atoms with Gasteiger partial charge in [0, 0.05) is 74.8 Å². The van der Waals surface area contributed by atoms with Gasteiger partial charge in [-0.1, -0.05) is 130 Å². The molecule has 4 aromatic rings. The third-order valence-electron chi connectivity index (χ3n) is 10.6. The van der Waals surface area contributed by atoms with Crippen molar-refractivity contribution in [3.8, 4) is 29.3 Å². The Balaban J connectivity index is 1.71. The first kappa shape index (κ1) is 39.3. The molecule has 0 aliphatic carbocycles. The maximum absolute atomic E-state index is 2.71. The first-order valence-electron chi connectivity index (χ1n) is 17.0. The highest BCUT2D eigenvalue weighted by Gasteiger charge is 2.64. The molecule has 0 spiro atoms. The van der Waals surface area contributed by atoms with Gasteiger partial charge in [0.1, 0.15) is 0 Å². The average Bonchev–Trinajstić information content (AvgIpc) is 3.59. The lowest BCUT2D eigenvalue weighted by atomic mass is 10.3. The second kappa shape index (κ2) is 12.6. The van der Waals surface area contributed by atoms with Crippen LogP contribution in [0.4, 0.5) is 0 Å². The lowest BCUT2D eigenvalue weighted by molar-refractivity contribution is 1.74. The van der Waals surface area contributed by atoms with Crippen LogP contribution < -0.4 is 9.00 Å². The minimum absolute atomic E-state index is 1.37. The molecule has 0 saturated carbocycles. The van der Waals surface area contributed by atoms with E-state index < -0.39 is 58.8 Å². The molecule has 0 atom stereocenters. The number of hydrogen-bond donors (Lipinski definition) is 0. The molecule has 4 aromatic heterocycles. The SMILES string of the molecule is C[Si](C)(C)[Si](c1ccc(-c2ccc(-c3ccc(-c4ccc([Si]([Si](C)(C)C)([Si](C)(C)C)[Si](C)(C)C)s4)s3)s2)s1)([Si](C)(C)C)[Si](C)(C)C. The van der Waals surface area contributed by atoms with Crippen molar-refractivity contribution < 1.29 is 0 Å². The second-order valence-corrected chi connectivity index (χ2v) is 105. The lowest BCUT2D eigenvalue weighted by Crippen LogP contribution is -2.87. The monoisotopic (exact) mass is 822 g/mol. The fourth-order valence-corrected chi connectivity index (χ4v) is 232. The molecule has 0 fully saturated rings. The van der Waals surface area contributed by atoms with E-state index in [1.807, 2.05) is 31.7 Å². The van der Waals surface area contributed by atoms with E-state index in [1.165, 1.54) is 29.3 Å². The molecule has 0 amide bonds. The Morgan fingerprint density at radius 3 is 0.630 bits per heavy atom. The molecule has 46 heavy (non-hydrogen) atoms. The van der Waals surface area contributed by atoms with Gasteiger partial charge in [-0.3, -0.25) is 0 Å². The molecular formula is C34H62S4Si8. The first-order chi connectivity index (χ1) is 20.6. The van der Waals surface area contributed by atoms with Crippen molar-refractivity contribution in [1.82, 2.24) is 0 Å². The maximum atomic E-state index is 2.71. The quantitative estimate of drug-likeness (QED) is 0.132. The van der Waals surface area contributed by atoms with E-state index in [-0.39, 0.29) is 0 Å². The lowest BCUT2D eigenvalue weighted by Gasteiger charge is -2.57. The Morgan fingerprint density at radius 2 is 0.435 bits per heavy atom. The van der Waals surface area contributed by atoms with Crippen molar-refractivity contribution in [3.63, 3.8) is 0 Å². The Morgan fingerprint density at radius 1 is 0.261 bits per heavy atom. The van der Waals surface area contributed by atoms with Gasteiger partial charge in [-0.25, -0.2) is 0 Å². The van der Waals surface area contributed by atoms with Crippen LogP contribution in [0.15, 0.2) is 48.5 Å². The summed E-state index contributed by atoms with van der Waals surface area (Å²) in [6.07, 6.45) is 0. The highest BCUT2D eigenvalue weighted by atomic mass is 32.1. The Hall–Kier alpha value is 0.535. The zero-order chi connectivity index (χ0) is 35.1. The van der Waals surface area contributed by atoms with Crippen LogP contribution in [0.3, 0.4) is 0 Å². The van der Waals surface area contributed by atoms with Gasteiger partial charge in [0.25, 0.3) is 0 Å². The summed E-state index contributed by atoms with van der Waals surface area (Å²) in [7, 11) is -8.20. The third-order valence-corrected chi connectivity index (χ3v) is 163. The molecule has 0 aliphatic heterocycles. The van der Waals surface area contributed by atoms with Crippen LogP contribution >= 0.6 is 45.3 Å². The summed E-state index contributed by atoms with van der Waals surface area (Å²) in [6, 6.07) is 19.8. The zero-order valence-electron chi connectivity index (χ0n) is 32.3. The summed E-state index contributed by atoms with van der Waals surface area (Å²) in [5, 5.41) is 0. The number of rotatable bonds is 11. The van der Waals surface area contributed by atoms with Gasteiger partial charge in [0.05, 0.1) is 13.3 Å². The molecule has 0 bridgehead atoms. The van der Waals surface area contributed by atoms with E-state index in [0.29, 0.717) is 0 Å². The molecule has 0 unspecified atom stereocenters. The predicted octanol–water partition coefficient (Wildman–Crippen LogP) is 12.7. The molecule has 254 valence electrons. The minimum atomic E-state index is -1.57. The van der Waals surface area contributed by atoms with Crippen molar-refractivity contribution in [2.45, 2.75) is 118 Å². The van der Waals surface area contributed by atoms with Gasteiger partial charge in [-0.2, -0.15) is 0 Å². The van der Waals surface area contributed by atoms with E-state index in [1.54, 1.807) is 0 Å². The van der Waals surface area contributed by atoms with Crippen LogP contribution in [0, 0.1) is 0 Å². The predicted molar refractivity (Wildman–Crippen MR) is 245 cm³/mol. The van der Waals surface area contributed by atoms with Gasteiger partial charge in [-0.15, -0.1) is 45.3 Å². The van der Waals surface area contributed by atoms with E-state index in [4.69, 9.17) is 0 Å². The summed E-state index contributed by atoms with van der Waals surface area (Å²) >= 11 is 8.40. The topological polar surface area (TPSA) is 0 Å². The Labute approximate surface area is 306 Å². The fourth-order valence-electron chi connectivity index (χ4n) is 11.5. The zero-order valence-corrected chi connectivity index (χ0v) is 43.5. The summed E-state index contributed by atoms with van der Waals surface area (Å²) < 4.78 is 3.69. The number of hydrogen-bond acceptors (Lipinski definition) is 4. The van der Waals surface area contributed by atoms with Crippen LogP contribution in [0.1, 0.15) is 0 Å². The summed E-state index contributed by atoms with van der Waals surface area (Å²) in [4.78, 5) is 8.78. The van der Waals surface area contributed by atoms with Crippen molar-refractivity contribution >= 4 is 113 Å². The average molecular weight is 824 g/mol. The molecule has 12 heteroatoms. The van der Waals surface area contributed by atoms with Crippen LogP contribution in [0.5, 0.6) is 0 Å². The standard InChI is InChI=1S/C34H62S4Si8/c1-39(2,3)45(40(4,5)6,41(7,8)9)33-25-23-31(37-33)29-21-19-27(35-29)28-20-22-30(36-28)32-24-26-34(38-32)46(42(10,11)12,43(13,14)15)44(16,17)18/h19-26H,1-18H3. The molecule has 0 radical (unpaired) electrons. The second-order valence-electron chi connectivity index (χ2n) is 19.7. The van der Waals surface area contributed by atoms with Gasteiger partial charge < -0.3 is 0 Å². The fraction of sp³-hybridized carbons (Fsp3) is 0.529. The Bertz CT molecular complexity index is 1470. The molecule has 0 N–H and O–H groups in total. The van der Waals surface area contributed by atoms with Crippen LogP contribution in [-0.2, 0) is 0 Å². The van der Waals surface area contributed by atoms with Crippen LogP contribution in [-0.4, -0.2) is 58.8 Å². The summed E-state index contributed by atoms with van der Waals surface area (Å²) in [5.41, 5.74) is 0. The highest BCUT2D eigenvalue weighted by Crippen LogP contribution is 2.45. The van der Waals surface area contributed by atoms with Crippen molar-refractivity contribution in [1.29, 1.82) is 0 Å². The molecule has 4 rings (SSSR count). The molecular weight excluding hydrogens is 761 g/mol. The largest absolute Gasteiger partial charge is 0.145 e. The first-order valence-corrected chi connectivity index (χ1v) is 51.3.